The molecule has 0 aliphatic heterocycles. The summed E-state index contributed by atoms with van der Waals surface area (Å²) < 4.78 is 33.8. The number of rotatable bonds is 5. The molecule has 112 valence electrons. The molecule has 0 heterocycles. The van der Waals surface area contributed by atoms with Crippen LogP contribution in [0.5, 0.6) is 5.75 Å². The lowest BCUT2D eigenvalue weighted by molar-refractivity contribution is 0.402. The number of methoxy groups -OCH3 is 1. The van der Waals surface area contributed by atoms with Crippen molar-refractivity contribution in [3.8, 4) is 5.75 Å². The molecular weight excluding hydrogens is 401 g/mol. The monoisotopic (exact) mass is 417 g/mol. The summed E-state index contributed by atoms with van der Waals surface area (Å²) in [5, 5.41) is 0. The summed E-state index contributed by atoms with van der Waals surface area (Å²) in [5.74, 6) is 0.336. The molecule has 2 rings (SSSR count). The molecule has 1 N–H and O–H groups in total. The molecule has 0 aliphatic rings. The molecular formula is C15H16INO3S. The van der Waals surface area contributed by atoms with Crippen LogP contribution >= 0.6 is 22.6 Å². The molecule has 0 bridgehead atoms. The van der Waals surface area contributed by atoms with E-state index in [1.807, 2.05) is 37.3 Å². The molecule has 0 aromatic heterocycles. The first-order valence-electron chi connectivity index (χ1n) is 6.35. The Bertz CT molecular complexity index is 717. The molecule has 0 saturated heterocycles. The van der Waals surface area contributed by atoms with Crippen LogP contribution in [-0.2, 0) is 10.0 Å². The fraction of sp³-hybridized carbons (Fsp3) is 0.200. The van der Waals surface area contributed by atoms with Crippen molar-refractivity contribution in [3.63, 3.8) is 0 Å². The number of nitrogens with one attached hydrogen (secondary N) is 1. The molecule has 0 amide bonds. The van der Waals surface area contributed by atoms with Gasteiger partial charge >= 0.3 is 0 Å². The molecule has 0 saturated carbocycles. The standard InChI is InChI=1S/C15H16INO3S/c1-11(12-6-4-3-5-7-12)17-21(18,19)15-10-13(16)8-9-14(15)20-2/h3-11,17H,1-2H3/t11-/m1/s1. The number of sulfonamides is 1. The van der Waals surface area contributed by atoms with E-state index in [1.54, 1.807) is 18.2 Å². The van der Waals surface area contributed by atoms with Gasteiger partial charge in [-0.1, -0.05) is 30.3 Å². The Morgan fingerprint density at radius 1 is 1.14 bits per heavy atom. The van der Waals surface area contributed by atoms with Gasteiger partial charge in [0.25, 0.3) is 0 Å². The number of hydrogen-bond donors (Lipinski definition) is 1. The minimum absolute atomic E-state index is 0.152. The highest BCUT2D eigenvalue weighted by molar-refractivity contribution is 14.1. The van der Waals surface area contributed by atoms with E-state index in [1.165, 1.54) is 7.11 Å². The molecule has 0 aliphatic carbocycles. The molecule has 1 atom stereocenters. The predicted molar refractivity (Wildman–Crippen MR) is 90.9 cm³/mol. The van der Waals surface area contributed by atoms with Crippen LogP contribution in [0.3, 0.4) is 0 Å². The minimum Gasteiger partial charge on any atom is -0.495 e. The van der Waals surface area contributed by atoms with E-state index in [2.05, 4.69) is 27.3 Å². The molecule has 4 nitrogen and oxygen atoms in total. The third-order valence-electron chi connectivity index (χ3n) is 3.05. The van der Waals surface area contributed by atoms with Gasteiger partial charge in [-0.05, 0) is 53.3 Å². The first kappa shape index (κ1) is 16.3. The number of ether oxygens (including phenoxy) is 1. The molecule has 6 heteroatoms. The van der Waals surface area contributed by atoms with Gasteiger partial charge in [0.2, 0.25) is 10.0 Å². The van der Waals surface area contributed by atoms with Crippen LogP contribution in [0.15, 0.2) is 53.4 Å². The van der Waals surface area contributed by atoms with Gasteiger partial charge in [-0.15, -0.1) is 0 Å². The van der Waals surface area contributed by atoms with Crippen LogP contribution in [0.4, 0.5) is 0 Å². The third kappa shape index (κ3) is 3.96. The van der Waals surface area contributed by atoms with E-state index in [0.717, 1.165) is 9.13 Å². The van der Waals surface area contributed by atoms with E-state index in [4.69, 9.17) is 4.74 Å². The highest BCUT2D eigenvalue weighted by Gasteiger charge is 2.22. The predicted octanol–water partition coefficient (Wildman–Crippen LogP) is 3.34. The molecule has 0 radical (unpaired) electrons. The molecule has 2 aromatic carbocycles. The Morgan fingerprint density at radius 3 is 2.43 bits per heavy atom. The molecule has 0 fully saturated rings. The van der Waals surface area contributed by atoms with Crippen molar-refractivity contribution in [2.45, 2.75) is 17.9 Å². The van der Waals surface area contributed by atoms with E-state index in [9.17, 15) is 8.42 Å². The van der Waals surface area contributed by atoms with Crippen LogP contribution in [0, 0.1) is 3.57 Å². The van der Waals surface area contributed by atoms with Gasteiger partial charge in [0.15, 0.2) is 0 Å². The van der Waals surface area contributed by atoms with Crippen molar-refractivity contribution in [1.82, 2.24) is 4.72 Å². The Balaban J connectivity index is 2.33. The van der Waals surface area contributed by atoms with Gasteiger partial charge in [-0.2, -0.15) is 0 Å². The fourth-order valence-electron chi connectivity index (χ4n) is 1.97. The maximum atomic E-state index is 12.6. The lowest BCUT2D eigenvalue weighted by atomic mass is 10.1. The van der Waals surface area contributed by atoms with Crippen LogP contribution < -0.4 is 9.46 Å². The van der Waals surface area contributed by atoms with Crippen molar-refractivity contribution in [2.75, 3.05) is 7.11 Å². The zero-order valence-electron chi connectivity index (χ0n) is 11.7. The summed E-state index contributed by atoms with van der Waals surface area (Å²) in [6.07, 6.45) is 0. The summed E-state index contributed by atoms with van der Waals surface area (Å²) in [5.41, 5.74) is 0.908. The van der Waals surface area contributed by atoms with E-state index in [-0.39, 0.29) is 10.9 Å². The van der Waals surface area contributed by atoms with Crippen LogP contribution in [0.1, 0.15) is 18.5 Å². The second kappa shape index (κ2) is 6.76. The average molecular weight is 417 g/mol. The SMILES string of the molecule is COc1ccc(I)cc1S(=O)(=O)N[C@H](C)c1ccccc1. The van der Waals surface area contributed by atoms with Crippen molar-refractivity contribution in [2.24, 2.45) is 0 Å². The number of benzene rings is 2. The summed E-state index contributed by atoms with van der Waals surface area (Å²) in [4.78, 5) is 0.152. The summed E-state index contributed by atoms with van der Waals surface area (Å²) >= 11 is 2.08. The summed E-state index contributed by atoms with van der Waals surface area (Å²) in [6.45, 7) is 1.81. The van der Waals surface area contributed by atoms with Crippen molar-refractivity contribution >= 4 is 32.6 Å². The third-order valence-corrected chi connectivity index (χ3v) is 5.28. The zero-order chi connectivity index (χ0) is 15.5. The lowest BCUT2D eigenvalue weighted by Gasteiger charge is -2.16. The van der Waals surface area contributed by atoms with Crippen molar-refractivity contribution in [3.05, 3.63) is 57.7 Å². The van der Waals surface area contributed by atoms with Gasteiger partial charge in [0.05, 0.1) is 7.11 Å². The second-order valence-corrected chi connectivity index (χ2v) is 7.48. The number of hydrogen-bond acceptors (Lipinski definition) is 3. The van der Waals surface area contributed by atoms with Gasteiger partial charge in [-0.25, -0.2) is 13.1 Å². The average Bonchev–Trinajstić information content (AvgIpc) is 2.47. The van der Waals surface area contributed by atoms with Gasteiger partial charge in [0.1, 0.15) is 10.6 Å². The number of halogens is 1. The quantitative estimate of drug-likeness (QED) is 0.760. The highest BCUT2D eigenvalue weighted by Crippen LogP contribution is 2.27. The topological polar surface area (TPSA) is 55.4 Å². The molecule has 2 aromatic rings. The summed E-state index contributed by atoms with van der Waals surface area (Å²) in [7, 11) is -2.19. The van der Waals surface area contributed by atoms with E-state index >= 15 is 0 Å². The second-order valence-electron chi connectivity index (χ2n) is 4.55. The Labute approximate surface area is 138 Å². The van der Waals surface area contributed by atoms with E-state index < -0.39 is 10.0 Å². The lowest BCUT2D eigenvalue weighted by Crippen LogP contribution is -2.27. The first-order chi connectivity index (χ1) is 9.94. The Kier molecular flexibility index (Phi) is 5.23. The normalized spacial score (nSPS) is 12.9. The zero-order valence-corrected chi connectivity index (χ0v) is 14.7. The van der Waals surface area contributed by atoms with Crippen LogP contribution in [0.2, 0.25) is 0 Å². The van der Waals surface area contributed by atoms with Crippen LogP contribution in [-0.4, -0.2) is 15.5 Å². The summed E-state index contributed by atoms with van der Waals surface area (Å²) in [6, 6.07) is 14.2. The van der Waals surface area contributed by atoms with Crippen molar-refractivity contribution < 1.29 is 13.2 Å². The van der Waals surface area contributed by atoms with Crippen LogP contribution in [0.25, 0.3) is 0 Å². The fourth-order valence-corrected chi connectivity index (χ4v) is 4.10. The molecule has 0 spiro atoms. The van der Waals surface area contributed by atoms with Gasteiger partial charge < -0.3 is 4.74 Å². The first-order valence-corrected chi connectivity index (χ1v) is 8.91. The Hall–Kier alpha value is -1.12. The highest BCUT2D eigenvalue weighted by atomic mass is 127. The Morgan fingerprint density at radius 2 is 1.81 bits per heavy atom. The largest absolute Gasteiger partial charge is 0.495 e. The van der Waals surface area contributed by atoms with Crippen molar-refractivity contribution in [1.29, 1.82) is 0 Å². The maximum Gasteiger partial charge on any atom is 0.244 e. The minimum atomic E-state index is -3.65. The van der Waals surface area contributed by atoms with Gasteiger partial charge in [-0.3, -0.25) is 0 Å². The molecule has 21 heavy (non-hydrogen) atoms. The van der Waals surface area contributed by atoms with Gasteiger partial charge in [0, 0.05) is 9.61 Å². The maximum absolute atomic E-state index is 12.6. The van der Waals surface area contributed by atoms with E-state index in [0.29, 0.717) is 5.75 Å². The molecule has 0 unspecified atom stereocenters. The smallest absolute Gasteiger partial charge is 0.244 e.